The summed E-state index contributed by atoms with van der Waals surface area (Å²) in [5, 5.41) is 1.70. The van der Waals surface area contributed by atoms with Gasteiger partial charge < -0.3 is 10.5 Å². The van der Waals surface area contributed by atoms with Crippen LogP contribution in [0.25, 0.3) is 22.2 Å². The molecular weight excluding hydrogens is 308 g/mol. The number of rotatable bonds is 2. The van der Waals surface area contributed by atoms with E-state index < -0.39 is 0 Å². The largest absolute Gasteiger partial charge is 0.492 e. The highest BCUT2D eigenvalue weighted by atomic mass is 35.5. The first kappa shape index (κ1) is 14.5. The van der Waals surface area contributed by atoms with E-state index in [2.05, 4.69) is 24.3 Å². The molecule has 0 atom stereocenters. The summed E-state index contributed by atoms with van der Waals surface area (Å²) in [7, 11) is 0. The topological polar surface area (TPSA) is 48.1 Å². The molecule has 1 aliphatic rings. The van der Waals surface area contributed by atoms with E-state index in [1.807, 2.05) is 18.2 Å². The second-order valence-corrected chi connectivity index (χ2v) is 6.22. The van der Waals surface area contributed by atoms with Crippen LogP contribution in [0.5, 0.6) is 5.75 Å². The van der Waals surface area contributed by atoms with Crippen molar-refractivity contribution in [2.45, 2.75) is 19.4 Å². The maximum atomic E-state index is 6.16. The van der Waals surface area contributed by atoms with Crippen LogP contribution in [0, 0.1) is 0 Å². The zero-order valence-electron chi connectivity index (χ0n) is 12.7. The Morgan fingerprint density at radius 1 is 1.13 bits per heavy atom. The van der Waals surface area contributed by atoms with Gasteiger partial charge in [0.25, 0.3) is 0 Å². The maximum absolute atomic E-state index is 6.16. The van der Waals surface area contributed by atoms with Crippen LogP contribution in [-0.2, 0) is 13.0 Å². The summed E-state index contributed by atoms with van der Waals surface area (Å²) in [4.78, 5) is 4.89. The summed E-state index contributed by atoms with van der Waals surface area (Å²) in [6.07, 6.45) is 1.98. The molecule has 3 nitrogen and oxygen atoms in total. The minimum absolute atomic E-state index is 0.547. The van der Waals surface area contributed by atoms with Crippen molar-refractivity contribution in [2.75, 3.05) is 6.61 Å². The van der Waals surface area contributed by atoms with E-state index in [4.69, 9.17) is 27.1 Å². The summed E-state index contributed by atoms with van der Waals surface area (Å²) >= 11 is 6.16. The Morgan fingerprint density at radius 3 is 2.74 bits per heavy atom. The van der Waals surface area contributed by atoms with Crippen LogP contribution < -0.4 is 10.5 Å². The van der Waals surface area contributed by atoms with Gasteiger partial charge in [-0.05, 0) is 36.6 Å². The molecule has 0 fully saturated rings. The fraction of sp³-hybridized carbons (Fsp3) is 0.211. The van der Waals surface area contributed by atoms with Crippen LogP contribution in [0.3, 0.4) is 0 Å². The molecule has 116 valence electrons. The van der Waals surface area contributed by atoms with Gasteiger partial charge in [0.1, 0.15) is 5.75 Å². The number of pyridine rings is 1. The number of nitrogens with zero attached hydrogens (tertiary/aromatic N) is 1. The van der Waals surface area contributed by atoms with Gasteiger partial charge in [-0.3, -0.25) is 0 Å². The highest BCUT2D eigenvalue weighted by Gasteiger charge is 2.20. The van der Waals surface area contributed by atoms with Crippen molar-refractivity contribution >= 4 is 22.5 Å². The third-order valence-electron chi connectivity index (χ3n) is 4.28. The first-order valence-electron chi connectivity index (χ1n) is 7.80. The molecule has 23 heavy (non-hydrogen) atoms. The van der Waals surface area contributed by atoms with Gasteiger partial charge in [0.15, 0.2) is 0 Å². The lowest BCUT2D eigenvalue weighted by Gasteiger charge is -2.22. The number of benzene rings is 2. The Labute approximate surface area is 140 Å². The number of fused-ring (bicyclic) bond motifs is 3. The van der Waals surface area contributed by atoms with Crippen molar-refractivity contribution in [3.63, 3.8) is 0 Å². The Balaban J connectivity index is 1.96. The molecule has 0 amide bonds. The predicted octanol–water partition coefficient (Wildman–Crippen LogP) is 4.34. The summed E-state index contributed by atoms with van der Waals surface area (Å²) in [6, 6.07) is 14.0. The average molecular weight is 325 g/mol. The summed E-state index contributed by atoms with van der Waals surface area (Å²) in [5.74, 6) is 0.932. The highest BCUT2D eigenvalue weighted by Crippen LogP contribution is 2.39. The number of halogens is 1. The lowest BCUT2D eigenvalue weighted by molar-refractivity contribution is 0.292. The van der Waals surface area contributed by atoms with Crippen LogP contribution in [0.2, 0.25) is 5.02 Å². The molecule has 1 aromatic heterocycles. The van der Waals surface area contributed by atoms with E-state index in [9.17, 15) is 0 Å². The van der Waals surface area contributed by atoms with E-state index in [0.29, 0.717) is 11.6 Å². The SMILES string of the molecule is NCc1ccc(-c2nc3ccc(Cl)cc3c3c2CCCO3)cc1. The van der Waals surface area contributed by atoms with Crippen LogP contribution >= 0.6 is 11.6 Å². The maximum Gasteiger partial charge on any atom is 0.134 e. The Bertz CT molecular complexity index is 875. The van der Waals surface area contributed by atoms with Gasteiger partial charge >= 0.3 is 0 Å². The summed E-state index contributed by atoms with van der Waals surface area (Å²) in [6.45, 7) is 1.29. The molecule has 0 saturated carbocycles. The van der Waals surface area contributed by atoms with Crippen molar-refractivity contribution in [3.05, 3.63) is 58.6 Å². The minimum Gasteiger partial charge on any atom is -0.492 e. The minimum atomic E-state index is 0.547. The number of hydrogen-bond acceptors (Lipinski definition) is 3. The van der Waals surface area contributed by atoms with E-state index in [1.54, 1.807) is 0 Å². The fourth-order valence-electron chi connectivity index (χ4n) is 3.10. The van der Waals surface area contributed by atoms with Crippen LogP contribution in [0.15, 0.2) is 42.5 Å². The van der Waals surface area contributed by atoms with Crippen molar-refractivity contribution in [3.8, 4) is 17.0 Å². The molecule has 0 radical (unpaired) electrons. The van der Waals surface area contributed by atoms with Gasteiger partial charge in [-0.15, -0.1) is 0 Å². The van der Waals surface area contributed by atoms with Crippen LogP contribution in [0.1, 0.15) is 17.5 Å². The highest BCUT2D eigenvalue weighted by molar-refractivity contribution is 6.31. The van der Waals surface area contributed by atoms with Gasteiger partial charge in [-0.25, -0.2) is 4.98 Å². The standard InChI is InChI=1S/C19H17ClN2O/c20-14-7-8-17-16(10-14)19-15(2-1-9-23-19)18(22-17)13-5-3-12(11-21)4-6-13/h3-8,10H,1-2,9,11,21H2. The smallest absolute Gasteiger partial charge is 0.134 e. The lowest BCUT2D eigenvalue weighted by atomic mass is 9.96. The fourth-order valence-corrected chi connectivity index (χ4v) is 3.28. The average Bonchev–Trinajstić information content (AvgIpc) is 2.61. The number of aromatic nitrogens is 1. The van der Waals surface area contributed by atoms with Gasteiger partial charge in [-0.2, -0.15) is 0 Å². The lowest BCUT2D eigenvalue weighted by Crippen LogP contribution is -2.11. The molecule has 2 N–H and O–H groups in total. The second-order valence-electron chi connectivity index (χ2n) is 5.78. The van der Waals surface area contributed by atoms with Crippen LogP contribution in [0.4, 0.5) is 0 Å². The summed E-state index contributed by atoms with van der Waals surface area (Å²) in [5.41, 5.74) is 11.0. The van der Waals surface area contributed by atoms with E-state index in [1.165, 1.54) is 5.56 Å². The van der Waals surface area contributed by atoms with Gasteiger partial charge in [0.2, 0.25) is 0 Å². The molecule has 4 heteroatoms. The third-order valence-corrected chi connectivity index (χ3v) is 4.51. The second kappa shape index (κ2) is 5.84. The first-order chi connectivity index (χ1) is 11.3. The monoisotopic (exact) mass is 324 g/mol. The van der Waals surface area contributed by atoms with Gasteiger partial charge in [-0.1, -0.05) is 35.9 Å². The van der Waals surface area contributed by atoms with Crippen molar-refractivity contribution in [1.29, 1.82) is 0 Å². The van der Waals surface area contributed by atoms with Gasteiger partial charge in [0.05, 0.1) is 17.8 Å². The van der Waals surface area contributed by atoms with Crippen molar-refractivity contribution < 1.29 is 4.74 Å². The normalized spacial score (nSPS) is 13.7. The van der Waals surface area contributed by atoms with E-state index in [0.717, 1.165) is 52.9 Å². The Morgan fingerprint density at radius 2 is 1.96 bits per heavy atom. The van der Waals surface area contributed by atoms with Gasteiger partial charge in [0, 0.05) is 28.1 Å². The number of ether oxygens (including phenoxy) is 1. The number of nitrogens with two attached hydrogens (primary N) is 1. The number of hydrogen-bond donors (Lipinski definition) is 1. The van der Waals surface area contributed by atoms with Crippen LogP contribution in [-0.4, -0.2) is 11.6 Å². The molecule has 2 aromatic carbocycles. The molecule has 0 unspecified atom stereocenters. The molecular formula is C19H17ClN2O. The molecule has 2 heterocycles. The van der Waals surface area contributed by atoms with Crippen molar-refractivity contribution in [2.24, 2.45) is 5.73 Å². The summed E-state index contributed by atoms with van der Waals surface area (Å²) < 4.78 is 5.98. The first-order valence-corrected chi connectivity index (χ1v) is 8.18. The Kier molecular flexibility index (Phi) is 3.68. The quantitative estimate of drug-likeness (QED) is 0.763. The Hall–Kier alpha value is -2.10. The molecule has 3 aromatic rings. The molecule has 1 aliphatic heterocycles. The molecule has 0 saturated heterocycles. The van der Waals surface area contributed by atoms with E-state index in [-0.39, 0.29) is 0 Å². The van der Waals surface area contributed by atoms with E-state index >= 15 is 0 Å². The zero-order valence-corrected chi connectivity index (χ0v) is 13.4. The molecule has 0 bridgehead atoms. The molecule has 4 rings (SSSR count). The van der Waals surface area contributed by atoms with Crippen molar-refractivity contribution in [1.82, 2.24) is 4.98 Å². The predicted molar refractivity (Wildman–Crippen MR) is 93.9 cm³/mol. The molecule has 0 aliphatic carbocycles. The molecule has 0 spiro atoms. The zero-order chi connectivity index (χ0) is 15.8. The third kappa shape index (κ3) is 2.56.